The van der Waals surface area contributed by atoms with Crippen molar-refractivity contribution in [1.82, 2.24) is 20.1 Å². The van der Waals surface area contributed by atoms with Crippen molar-refractivity contribution in [2.45, 2.75) is 6.54 Å². The molecule has 1 aromatic carbocycles. The third-order valence-corrected chi connectivity index (χ3v) is 2.91. The number of nitro groups is 1. The first-order valence-electron chi connectivity index (χ1n) is 6.09. The number of H-pyrrole nitrogens is 1. The summed E-state index contributed by atoms with van der Waals surface area (Å²) in [5.41, 5.74) is 0.567. The molecule has 0 aliphatic rings. The Kier molecular flexibility index (Phi) is 4.12. The molecular formula is C12H14N6O3. The zero-order valence-corrected chi connectivity index (χ0v) is 11.5. The molecule has 0 unspecified atom stereocenters. The van der Waals surface area contributed by atoms with Gasteiger partial charge in [0.1, 0.15) is 17.8 Å². The normalized spacial score (nSPS) is 10.2. The van der Waals surface area contributed by atoms with E-state index in [2.05, 4.69) is 20.5 Å². The molecule has 0 saturated carbocycles. The molecule has 0 spiro atoms. The van der Waals surface area contributed by atoms with Crippen LogP contribution >= 0.6 is 0 Å². The molecule has 9 nitrogen and oxygen atoms in total. The molecule has 1 aromatic heterocycles. The van der Waals surface area contributed by atoms with Gasteiger partial charge in [0.2, 0.25) is 0 Å². The second-order valence-corrected chi connectivity index (χ2v) is 4.33. The molecule has 0 aliphatic carbocycles. The van der Waals surface area contributed by atoms with Crippen LogP contribution < -0.4 is 5.32 Å². The molecule has 2 N–H and O–H groups in total. The third kappa shape index (κ3) is 3.14. The van der Waals surface area contributed by atoms with Crippen molar-refractivity contribution < 1.29 is 9.72 Å². The number of anilines is 1. The number of aromatic nitrogens is 3. The van der Waals surface area contributed by atoms with Crippen LogP contribution in [-0.2, 0) is 6.54 Å². The minimum absolute atomic E-state index is 0.0769. The molecule has 0 saturated heterocycles. The number of nitrogens with one attached hydrogen (secondary N) is 2. The van der Waals surface area contributed by atoms with E-state index in [-0.39, 0.29) is 18.1 Å². The maximum absolute atomic E-state index is 12.3. The van der Waals surface area contributed by atoms with Gasteiger partial charge in [-0.05, 0) is 12.1 Å². The minimum Gasteiger partial charge on any atom is -0.383 e. The predicted molar refractivity (Wildman–Crippen MR) is 74.8 cm³/mol. The van der Waals surface area contributed by atoms with Crippen LogP contribution in [0.25, 0.3) is 0 Å². The number of benzene rings is 1. The van der Waals surface area contributed by atoms with Gasteiger partial charge in [-0.2, -0.15) is 5.10 Å². The van der Waals surface area contributed by atoms with Gasteiger partial charge in [-0.15, -0.1) is 0 Å². The van der Waals surface area contributed by atoms with Crippen molar-refractivity contribution in [2.75, 3.05) is 19.4 Å². The standard InChI is InChI=1S/C12H14N6O3/c1-13-9-5-8(3-4-10(9)18(20)21)12(19)17(2)6-11-14-7-15-16-11/h3-5,7,13H,6H2,1-2H3,(H,14,15,16). The largest absolute Gasteiger partial charge is 0.383 e. The van der Waals surface area contributed by atoms with Gasteiger partial charge in [-0.1, -0.05) is 0 Å². The molecule has 1 heterocycles. The molecule has 0 bridgehead atoms. The van der Waals surface area contributed by atoms with E-state index in [0.717, 1.165) is 0 Å². The molecule has 110 valence electrons. The number of rotatable bonds is 5. The number of aromatic amines is 1. The second kappa shape index (κ2) is 5.99. The van der Waals surface area contributed by atoms with E-state index in [0.29, 0.717) is 17.1 Å². The van der Waals surface area contributed by atoms with E-state index in [4.69, 9.17) is 0 Å². The lowest BCUT2D eigenvalue weighted by atomic mass is 10.1. The van der Waals surface area contributed by atoms with Crippen LogP contribution in [-0.4, -0.2) is 45.0 Å². The Bertz CT molecular complexity index is 655. The predicted octanol–water partition coefficient (Wildman–Crippen LogP) is 1.03. The maximum Gasteiger partial charge on any atom is 0.292 e. The highest BCUT2D eigenvalue weighted by Crippen LogP contribution is 2.25. The lowest BCUT2D eigenvalue weighted by Gasteiger charge is -2.16. The summed E-state index contributed by atoms with van der Waals surface area (Å²) in [5, 5.41) is 19.9. The van der Waals surface area contributed by atoms with Gasteiger partial charge in [-0.25, -0.2) is 4.98 Å². The molecule has 2 aromatic rings. The molecular weight excluding hydrogens is 276 g/mol. The first kappa shape index (κ1) is 14.4. The van der Waals surface area contributed by atoms with Crippen molar-refractivity contribution in [3.05, 3.63) is 46.0 Å². The number of hydrogen-bond acceptors (Lipinski definition) is 6. The van der Waals surface area contributed by atoms with Crippen LogP contribution in [0.4, 0.5) is 11.4 Å². The number of carbonyl (C=O) groups is 1. The molecule has 0 radical (unpaired) electrons. The highest BCUT2D eigenvalue weighted by Gasteiger charge is 2.18. The highest BCUT2D eigenvalue weighted by atomic mass is 16.6. The average molecular weight is 290 g/mol. The summed E-state index contributed by atoms with van der Waals surface area (Å²) in [5.74, 6) is 0.291. The smallest absolute Gasteiger partial charge is 0.292 e. The first-order valence-corrected chi connectivity index (χ1v) is 6.09. The quantitative estimate of drug-likeness (QED) is 0.627. The number of amides is 1. The van der Waals surface area contributed by atoms with E-state index in [9.17, 15) is 14.9 Å². The Labute approximate surface area is 120 Å². The summed E-state index contributed by atoms with van der Waals surface area (Å²) < 4.78 is 0. The Morgan fingerprint density at radius 3 is 2.86 bits per heavy atom. The first-order chi connectivity index (χ1) is 10.0. The summed E-state index contributed by atoms with van der Waals surface area (Å²) >= 11 is 0. The van der Waals surface area contributed by atoms with E-state index in [1.54, 1.807) is 14.1 Å². The highest BCUT2D eigenvalue weighted by molar-refractivity contribution is 5.95. The van der Waals surface area contributed by atoms with Gasteiger partial charge in [0.15, 0.2) is 0 Å². The van der Waals surface area contributed by atoms with Crippen LogP contribution in [0.1, 0.15) is 16.2 Å². The minimum atomic E-state index is -0.502. The van der Waals surface area contributed by atoms with E-state index in [1.165, 1.54) is 29.4 Å². The summed E-state index contributed by atoms with van der Waals surface area (Å²) in [6, 6.07) is 4.19. The second-order valence-electron chi connectivity index (χ2n) is 4.33. The Balaban J connectivity index is 2.20. The molecule has 2 rings (SSSR count). The van der Waals surface area contributed by atoms with Gasteiger partial charge in [-0.3, -0.25) is 20.0 Å². The third-order valence-electron chi connectivity index (χ3n) is 2.91. The number of nitrogens with zero attached hydrogens (tertiary/aromatic N) is 4. The number of nitro benzene ring substituents is 1. The van der Waals surface area contributed by atoms with Crippen molar-refractivity contribution in [1.29, 1.82) is 0 Å². The van der Waals surface area contributed by atoms with E-state index >= 15 is 0 Å². The summed E-state index contributed by atoms with van der Waals surface area (Å²) in [6.45, 7) is 0.269. The SMILES string of the molecule is CNc1cc(C(=O)N(C)Cc2ncn[nH]2)ccc1[N+](=O)[O-]. The number of hydrogen-bond donors (Lipinski definition) is 2. The van der Waals surface area contributed by atoms with Gasteiger partial charge in [0.05, 0.1) is 11.5 Å². The van der Waals surface area contributed by atoms with Crippen LogP contribution in [0.5, 0.6) is 0 Å². The monoisotopic (exact) mass is 290 g/mol. The molecule has 21 heavy (non-hydrogen) atoms. The zero-order chi connectivity index (χ0) is 15.4. The van der Waals surface area contributed by atoms with Crippen LogP contribution in [0.3, 0.4) is 0 Å². The van der Waals surface area contributed by atoms with Crippen molar-refractivity contribution in [3.8, 4) is 0 Å². The molecule has 9 heteroatoms. The van der Waals surface area contributed by atoms with E-state index in [1.807, 2.05) is 0 Å². The maximum atomic E-state index is 12.3. The summed E-state index contributed by atoms with van der Waals surface area (Å²) in [7, 11) is 3.18. The van der Waals surface area contributed by atoms with Gasteiger partial charge in [0, 0.05) is 25.7 Å². The topological polar surface area (TPSA) is 117 Å². The Hall–Kier alpha value is -2.97. The van der Waals surface area contributed by atoms with Crippen LogP contribution in [0.2, 0.25) is 0 Å². The van der Waals surface area contributed by atoms with E-state index < -0.39 is 4.92 Å². The van der Waals surface area contributed by atoms with Gasteiger partial charge < -0.3 is 10.2 Å². The van der Waals surface area contributed by atoms with Crippen LogP contribution in [0.15, 0.2) is 24.5 Å². The summed E-state index contributed by atoms with van der Waals surface area (Å²) in [6.07, 6.45) is 1.36. The molecule has 0 atom stereocenters. The Morgan fingerprint density at radius 2 is 2.29 bits per heavy atom. The van der Waals surface area contributed by atoms with Crippen molar-refractivity contribution in [2.24, 2.45) is 0 Å². The molecule has 1 amide bonds. The molecule has 0 fully saturated rings. The lowest BCUT2D eigenvalue weighted by Crippen LogP contribution is -2.26. The molecule has 0 aliphatic heterocycles. The summed E-state index contributed by atoms with van der Waals surface area (Å²) in [4.78, 5) is 28.0. The fourth-order valence-corrected chi connectivity index (χ4v) is 1.85. The fraction of sp³-hybridized carbons (Fsp3) is 0.250. The number of carbonyl (C=O) groups excluding carboxylic acids is 1. The Morgan fingerprint density at radius 1 is 1.52 bits per heavy atom. The van der Waals surface area contributed by atoms with Crippen molar-refractivity contribution >= 4 is 17.3 Å². The zero-order valence-electron chi connectivity index (χ0n) is 11.5. The lowest BCUT2D eigenvalue weighted by molar-refractivity contribution is -0.383. The van der Waals surface area contributed by atoms with Gasteiger partial charge >= 0.3 is 0 Å². The van der Waals surface area contributed by atoms with Crippen LogP contribution in [0, 0.1) is 10.1 Å². The van der Waals surface area contributed by atoms with Crippen molar-refractivity contribution in [3.63, 3.8) is 0 Å². The van der Waals surface area contributed by atoms with Gasteiger partial charge in [0.25, 0.3) is 11.6 Å². The average Bonchev–Trinajstić information content (AvgIpc) is 2.98. The fourth-order valence-electron chi connectivity index (χ4n) is 1.85.